The number of hydrogen-bond donors (Lipinski definition) is 0. The van der Waals surface area contributed by atoms with Gasteiger partial charge in [0.05, 0.1) is 0 Å². The first-order valence-corrected chi connectivity index (χ1v) is 5.08. The van der Waals surface area contributed by atoms with Crippen molar-refractivity contribution in [2.45, 2.75) is 30.2 Å². The van der Waals surface area contributed by atoms with Gasteiger partial charge in [-0.1, -0.05) is 48.7 Å². The van der Waals surface area contributed by atoms with Crippen LogP contribution in [0.1, 0.15) is 20.3 Å². The third-order valence-corrected chi connectivity index (χ3v) is 3.06. The van der Waals surface area contributed by atoms with Crippen molar-refractivity contribution < 1.29 is 9.53 Å². The largest absolute Gasteiger partial charge is 0.464 e. The van der Waals surface area contributed by atoms with Crippen molar-refractivity contribution in [1.82, 2.24) is 0 Å². The molecule has 0 spiro atoms. The van der Waals surface area contributed by atoms with Gasteiger partial charge in [0.15, 0.2) is 3.79 Å². The molecule has 1 rings (SSSR count). The van der Waals surface area contributed by atoms with Crippen LogP contribution in [0.2, 0.25) is 0 Å². The van der Waals surface area contributed by atoms with Crippen LogP contribution in [0.5, 0.6) is 0 Å². The normalized spacial score (nSPS) is 31.2. The molecule has 1 aliphatic carbocycles. The Bertz CT molecular complexity index is 210. The zero-order valence-corrected chi connectivity index (χ0v) is 9.66. The van der Waals surface area contributed by atoms with Crippen molar-refractivity contribution in [3.8, 4) is 0 Å². The summed E-state index contributed by atoms with van der Waals surface area (Å²) in [6.07, 6.45) is 0.309. The zero-order valence-electron chi connectivity index (χ0n) is 7.39. The van der Waals surface area contributed by atoms with Gasteiger partial charge in [0.25, 0.3) is 6.47 Å². The van der Waals surface area contributed by atoms with Crippen LogP contribution >= 0.6 is 34.8 Å². The molecule has 0 aromatic rings. The number of halogens is 3. The van der Waals surface area contributed by atoms with Crippen molar-refractivity contribution in [2.75, 3.05) is 0 Å². The van der Waals surface area contributed by atoms with Gasteiger partial charge in [-0.25, -0.2) is 0 Å². The molecule has 0 bridgehead atoms. The summed E-state index contributed by atoms with van der Waals surface area (Å²) in [7, 11) is 0. The number of rotatable bonds is 3. The van der Waals surface area contributed by atoms with Gasteiger partial charge in [0, 0.05) is 17.8 Å². The lowest BCUT2D eigenvalue weighted by atomic mass is 10.1. The molecule has 0 amide bonds. The van der Waals surface area contributed by atoms with Gasteiger partial charge in [-0.15, -0.1) is 0 Å². The van der Waals surface area contributed by atoms with Gasteiger partial charge < -0.3 is 4.74 Å². The van der Waals surface area contributed by atoms with Gasteiger partial charge in [-0.2, -0.15) is 0 Å². The molecular weight excluding hydrogens is 234 g/mol. The molecule has 0 heterocycles. The third-order valence-electron chi connectivity index (χ3n) is 2.60. The van der Waals surface area contributed by atoms with Crippen LogP contribution in [-0.4, -0.2) is 16.4 Å². The Kier molecular flexibility index (Phi) is 3.06. The molecule has 13 heavy (non-hydrogen) atoms. The number of carbonyl (C=O) groups is 1. The average Bonchev–Trinajstić information content (AvgIpc) is 2.36. The molecule has 76 valence electrons. The Labute approximate surface area is 92.5 Å². The van der Waals surface area contributed by atoms with Crippen LogP contribution in [0.25, 0.3) is 0 Å². The molecular formula is C8H11Cl3O2. The molecule has 0 saturated heterocycles. The first kappa shape index (κ1) is 11.4. The first-order chi connectivity index (χ1) is 5.79. The first-order valence-electron chi connectivity index (χ1n) is 3.95. The minimum absolute atomic E-state index is 0.0647. The highest BCUT2D eigenvalue weighted by atomic mass is 35.6. The van der Waals surface area contributed by atoms with Gasteiger partial charge in [-0.05, 0) is 0 Å². The summed E-state index contributed by atoms with van der Waals surface area (Å²) in [6.45, 7) is 4.43. The maximum absolute atomic E-state index is 10.1. The Balaban J connectivity index is 2.50. The lowest BCUT2D eigenvalue weighted by Gasteiger charge is -2.09. The van der Waals surface area contributed by atoms with Gasteiger partial charge in [0.2, 0.25) is 0 Å². The zero-order chi connectivity index (χ0) is 10.3. The molecule has 0 aromatic carbocycles. The Morgan fingerprint density at radius 1 is 1.46 bits per heavy atom. The topological polar surface area (TPSA) is 26.3 Å². The summed E-state index contributed by atoms with van der Waals surface area (Å²) in [6, 6.07) is 0. The van der Waals surface area contributed by atoms with Crippen molar-refractivity contribution >= 4 is 41.3 Å². The molecule has 2 atom stereocenters. The fourth-order valence-electron chi connectivity index (χ4n) is 1.64. The summed E-state index contributed by atoms with van der Waals surface area (Å²) in [5, 5.41) is 0. The molecule has 1 saturated carbocycles. The molecule has 0 radical (unpaired) electrons. The second-order valence-corrected chi connectivity index (χ2v) is 6.42. The lowest BCUT2D eigenvalue weighted by molar-refractivity contribution is -0.131. The number of alkyl halides is 3. The van der Waals surface area contributed by atoms with Crippen molar-refractivity contribution in [2.24, 2.45) is 11.3 Å². The Hall–Kier alpha value is 0.340. The predicted molar refractivity (Wildman–Crippen MR) is 53.1 cm³/mol. The standard InChI is InChI=1S/C8H11Cl3O2/c1-7(2)5(3-8(9,10)11)6(7)13-4-12/h4-6H,3H2,1-2H3. The monoisotopic (exact) mass is 244 g/mol. The van der Waals surface area contributed by atoms with E-state index in [4.69, 9.17) is 39.5 Å². The summed E-state index contributed by atoms with van der Waals surface area (Å²) in [5.74, 6) is 0.144. The van der Waals surface area contributed by atoms with E-state index in [9.17, 15) is 4.79 Å². The predicted octanol–water partition coefficient (Wildman–Crippen LogP) is 2.94. The molecule has 2 unspecified atom stereocenters. The second kappa shape index (κ2) is 3.48. The highest BCUT2D eigenvalue weighted by Crippen LogP contribution is 2.59. The van der Waals surface area contributed by atoms with E-state index in [1.54, 1.807) is 0 Å². The Morgan fingerprint density at radius 2 is 2.00 bits per heavy atom. The molecule has 0 aliphatic heterocycles. The van der Waals surface area contributed by atoms with Crippen LogP contribution < -0.4 is 0 Å². The van der Waals surface area contributed by atoms with Crippen LogP contribution in [0.3, 0.4) is 0 Å². The molecule has 0 aromatic heterocycles. The summed E-state index contributed by atoms with van der Waals surface area (Å²) in [5.41, 5.74) is -0.0647. The van der Waals surface area contributed by atoms with E-state index in [0.717, 1.165) is 0 Å². The molecule has 1 fully saturated rings. The third kappa shape index (κ3) is 2.64. The number of carbonyl (C=O) groups excluding carboxylic acids is 1. The highest BCUT2D eigenvalue weighted by Gasteiger charge is 2.61. The summed E-state index contributed by atoms with van der Waals surface area (Å²) in [4.78, 5) is 10.1. The van der Waals surface area contributed by atoms with E-state index in [1.807, 2.05) is 13.8 Å². The molecule has 2 nitrogen and oxygen atoms in total. The van der Waals surface area contributed by atoms with Crippen molar-refractivity contribution in [1.29, 1.82) is 0 Å². The van der Waals surface area contributed by atoms with Gasteiger partial charge >= 0.3 is 0 Å². The minimum atomic E-state index is -1.26. The SMILES string of the molecule is CC1(C)C(CC(Cl)(Cl)Cl)C1OC=O. The summed E-state index contributed by atoms with van der Waals surface area (Å²) >= 11 is 16.9. The highest BCUT2D eigenvalue weighted by molar-refractivity contribution is 6.67. The van der Waals surface area contributed by atoms with Crippen molar-refractivity contribution in [3.05, 3.63) is 0 Å². The summed E-state index contributed by atoms with van der Waals surface area (Å²) < 4.78 is 3.61. The average molecular weight is 246 g/mol. The lowest BCUT2D eigenvalue weighted by Crippen LogP contribution is -2.06. The van der Waals surface area contributed by atoms with Crippen LogP contribution in [0, 0.1) is 11.3 Å². The van der Waals surface area contributed by atoms with Crippen LogP contribution in [-0.2, 0) is 9.53 Å². The molecule has 5 heteroatoms. The quantitative estimate of drug-likeness (QED) is 0.564. The maximum Gasteiger partial charge on any atom is 0.293 e. The van der Waals surface area contributed by atoms with E-state index in [-0.39, 0.29) is 17.4 Å². The minimum Gasteiger partial charge on any atom is -0.464 e. The van der Waals surface area contributed by atoms with Gasteiger partial charge in [-0.3, -0.25) is 4.79 Å². The smallest absolute Gasteiger partial charge is 0.293 e. The van der Waals surface area contributed by atoms with E-state index >= 15 is 0 Å². The molecule has 1 aliphatic rings. The molecule has 0 N–H and O–H groups in total. The van der Waals surface area contributed by atoms with Gasteiger partial charge in [0.1, 0.15) is 6.10 Å². The second-order valence-electron chi connectivity index (χ2n) is 3.90. The fraction of sp³-hybridized carbons (Fsp3) is 0.875. The van der Waals surface area contributed by atoms with Crippen LogP contribution in [0.4, 0.5) is 0 Å². The van der Waals surface area contributed by atoms with E-state index in [0.29, 0.717) is 12.9 Å². The number of ether oxygens (including phenoxy) is 1. The van der Waals surface area contributed by atoms with E-state index in [2.05, 4.69) is 0 Å². The van der Waals surface area contributed by atoms with E-state index in [1.165, 1.54) is 0 Å². The van der Waals surface area contributed by atoms with E-state index < -0.39 is 3.79 Å². The fourth-order valence-corrected chi connectivity index (χ4v) is 2.14. The Morgan fingerprint density at radius 3 is 2.38 bits per heavy atom. The van der Waals surface area contributed by atoms with Crippen LogP contribution in [0.15, 0.2) is 0 Å². The number of hydrogen-bond acceptors (Lipinski definition) is 2. The maximum atomic E-state index is 10.1. The van der Waals surface area contributed by atoms with Crippen molar-refractivity contribution in [3.63, 3.8) is 0 Å².